The second-order valence-electron chi connectivity index (χ2n) is 5.03. The second kappa shape index (κ2) is 6.26. The highest BCUT2D eigenvalue weighted by atomic mass is 127. The third kappa shape index (κ3) is 3.51. The van der Waals surface area contributed by atoms with Crippen molar-refractivity contribution in [3.05, 3.63) is 15.7 Å². The van der Waals surface area contributed by atoms with E-state index in [-0.39, 0.29) is 0 Å². The normalized spacial score (nSPS) is 13.0. The molecule has 18 heavy (non-hydrogen) atoms. The van der Waals surface area contributed by atoms with Gasteiger partial charge in [0.1, 0.15) is 0 Å². The molecule has 0 amide bonds. The Morgan fingerprint density at radius 1 is 1.28 bits per heavy atom. The minimum atomic E-state index is -3.17. The van der Waals surface area contributed by atoms with E-state index in [1.807, 2.05) is 19.9 Å². The van der Waals surface area contributed by atoms with E-state index in [2.05, 4.69) is 48.3 Å². The Morgan fingerprint density at radius 2 is 1.78 bits per heavy atom. The van der Waals surface area contributed by atoms with Crippen LogP contribution in [0.1, 0.15) is 13.8 Å². The van der Waals surface area contributed by atoms with E-state index >= 15 is 0 Å². The third-order valence-electron chi connectivity index (χ3n) is 2.56. The lowest BCUT2D eigenvalue weighted by Crippen LogP contribution is -2.45. The monoisotopic (exact) mass is 399 g/mol. The maximum absolute atomic E-state index is 12.9. The lowest BCUT2D eigenvalue weighted by molar-refractivity contribution is 0.230. The van der Waals surface area contributed by atoms with Crippen molar-refractivity contribution in [2.45, 2.75) is 33.5 Å². The van der Waals surface area contributed by atoms with Crippen molar-refractivity contribution in [2.75, 3.05) is 13.2 Å². The molecule has 0 fully saturated rings. The largest absolute Gasteiger partial charge is 0.337 e. The smallest absolute Gasteiger partial charge is 0.307 e. The van der Waals surface area contributed by atoms with Crippen molar-refractivity contribution in [3.8, 4) is 0 Å². The molecular formula is C12H21IO3PSi-. The quantitative estimate of drug-likeness (QED) is 0.318. The molecule has 0 aromatic heterocycles. The fourth-order valence-electron chi connectivity index (χ4n) is 1.83. The van der Waals surface area contributed by atoms with Gasteiger partial charge in [-0.1, -0.05) is 23.2 Å². The Labute approximate surface area is 124 Å². The molecule has 0 aliphatic carbocycles. The molecule has 0 heterocycles. The summed E-state index contributed by atoms with van der Waals surface area (Å²) >= 11 is 2.22. The van der Waals surface area contributed by atoms with Crippen LogP contribution in [0.2, 0.25) is 19.6 Å². The lowest BCUT2D eigenvalue weighted by atomic mass is 10.6. The van der Waals surface area contributed by atoms with Crippen molar-refractivity contribution in [1.82, 2.24) is 0 Å². The Bertz CT molecular complexity index is 441. The molecular weight excluding hydrogens is 378 g/mol. The van der Waals surface area contributed by atoms with E-state index in [0.717, 1.165) is 8.87 Å². The zero-order valence-electron chi connectivity index (χ0n) is 11.6. The molecule has 1 aromatic carbocycles. The minimum Gasteiger partial charge on any atom is -0.307 e. The standard InChI is InChI=1S/C12H21IO3PSi/c1-6-15-17(14,16-7-2)12-10(13)8-9-11(12)18(3,4)5/h8-9H,6-7H2,1-5H3/q-1. The number of halogens is 1. The zero-order chi connectivity index (χ0) is 14.0. The van der Waals surface area contributed by atoms with E-state index in [1.54, 1.807) is 0 Å². The zero-order valence-corrected chi connectivity index (χ0v) is 15.7. The first-order valence-electron chi connectivity index (χ1n) is 6.11. The van der Waals surface area contributed by atoms with E-state index in [9.17, 15) is 4.57 Å². The van der Waals surface area contributed by atoms with Crippen LogP contribution >= 0.6 is 30.2 Å². The molecule has 0 saturated heterocycles. The van der Waals surface area contributed by atoms with Crippen LogP contribution in [0.4, 0.5) is 0 Å². The van der Waals surface area contributed by atoms with Gasteiger partial charge in [0.25, 0.3) is 0 Å². The molecule has 0 saturated carbocycles. The van der Waals surface area contributed by atoms with E-state index < -0.39 is 15.7 Å². The highest BCUT2D eigenvalue weighted by Crippen LogP contribution is 2.48. The molecule has 0 bridgehead atoms. The summed E-state index contributed by atoms with van der Waals surface area (Å²) in [6.45, 7) is 11.2. The van der Waals surface area contributed by atoms with Crippen LogP contribution in [-0.2, 0) is 13.6 Å². The van der Waals surface area contributed by atoms with E-state index in [4.69, 9.17) is 9.05 Å². The van der Waals surface area contributed by atoms with E-state index in [1.165, 1.54) is 5.19 Å². The van der Waals surface area contributed by atoms with Gasteiger partial charge in [0, 0.05) is 8.07 Å². The van der Waals surface area contributed by atoms with Crippen LogP contribution in [0.3, 0.4) is 0 Å². The fourth-order valence-corrected chi connectivity index (χ4v) is 8.01. The summed E-state index contributed by atoms with van der Waals surface area (Å²) in [5, 5.41) is 1.98. The SMILES string of the molecule is CCOP(=O)(OCC)c1c([Si](C)(C)C)cc[c-]1I. The number of hydrogen-bond acceptors (Lipinski definition) is 3. The van der Waals surface area contributed by atoms with Gasteiger partial charge in [-0.3, -0.25) is 4.57 Å². The first kappa shape index (κ1) is 16.5. The Morgan fingerprint density at radius 3 is 2.17 bits per heavy atom. The van der Waals surface area contributed by atoms with Crippen molar-refractivity contribution in [2.24, 2.45) is 0 Å². The molecule has 1 rings (SSSR count). The van der Waals surface area contributed by atoms with Crippen LogP contribution in [0.25, 0.3) is 0 Å². The Balaban J connectivity index is 3.37. The van der Waals surface area contributed by atoms with Gasteiger partial charge in [0.2, 0.25) is 0 Å². The fraction of sp³-hybridized carbons (Fsp3) is 0.583. The average molecular weight is 399 g/mol. The molecule has 104 valence electrons. The predicted octanol–water partition coefficient (Wildman–Crippen LogP) is 3.45. The van der Waals surface area contributed by atoms with E-state index in [0.29, 0.717) is 13.2 Å². The highest BCUT2D eigenvalue weighted by Gasteiger charge is 2.30. The molecule has 0 spiro atoms. The summed E-state index contributed by atoms with van der Waals surface area (Å²) < 4.78 is 24.9. The molecule has 0 aliphatic rings. The lowest BCUT2D eigenvalue weighted by Gasteiger charge is -2.30. The molecule has 1 aromatic rings. The molecule has 0 radical (unpaired) electrons. The molecule has 3 nitrogen and oxygen atoms in total. The predicted molar refractivity (Wildman–Crippen MR) is 88.2 cm³/mol. The van der Waals surface area contributed by atoms with Gasteiger partial charge in [0.15, 0.2) is 0 Å². The van der Waals surface area contributed by atoms with Crippen molar-refractivity contribution < 1.29 is 13.6 Å². The summed E-state index contributed by atoms with van der Waals surface area (Å²) in [5.41, 5.74) is 0. The van der Waals surface area contributed by atoms with Crippen LogP contribution in [0.5, 0.6) is 0 Å². The molecule has 0 aliphatic heterocycles. The van der Waals surface area contributed by atoms with Gasteiger partial charge in [-0.05, 0) is 19.2 Å². The maximum Gasteiger partial charge on any atom is 0.337 e. The molecule has 0 atom stereocenters. The first-order valence-corrected chi connectivity index (χ1v) is 12.2. The summed E-state index contributed by atoms with van der Waals surface area (Å²) in [6.07, 6.45) is 0. The van der Waals surface area contributed by atoms with Crippen molar-refractivity contribution >= 4 is 48.8 Å². The minimum absolute atomic E-state index is 0.393. The van der Waals surface area contributed by atoms with Gasteiger partial charge in [0.05, 0.1) is 13.2 Å². The van der Waals surface area contributed by atoms with Crippen LogP contribution < -0.4 is 10.5 Å². The van der Waals surface area contributed by atoms with Gasteiger partial charge in [-0.25, -0.2) is 6.07 Å². The Kier molecular flexibility index (Phi) is 5.74. The summed E-state index contributed by atoms with van der Waals surface area (Å²) in [6, 6.07) is 4.09. The summed E-state index contributed by atoms with van der Waals surface area (Å²) in [5.74, 6) is 0. The second-order valence-corrected chi connectivity index (χ2v) is 13.2. The summed E-state index contributed by atoms with van der Waals surface area (Å²) in [4.78, 5) is 0. The highest BCUT2D eigenvalue weighted by molar-refractivity contribution is 14.1. The van der Waals surface area contributed by atoms with Gasteiger partial charge in [-0.2, -0.15) is 11.3 Å². The molecule has 0 unspecified atom stereocenters. The topological polar surface area (TPSA) is 35.5 Å². The van der Waals surface area contributed by atoms with Crippen LogP contribution in [0, 0.1) is 3.57 Å². The van der Waals surface area contributed by atoms with Crippen molar-refractivity contribution in [3.63, 3.8) is 0 Å². The molecule has 6 heteroatoms. The summed E-state index contributed by atoms with van der Waals surface area (Å²) in [7, 11) is -4.73. The number of hydrogen-bond donors (Lipinski definition) is 0. The average Bonchev–Trinajstić information content (AvgIpc) is 2.61. The first-order chi connectivity index (χ1) is 8.26. The van der Waals surface area contributed by atoms with Crippen LogP contribution in [-0.4, -0.2) is 21.3 Å². The van der Waals surface area contributed by atoms with Gasteiger partial charge in [-0.15, -0.1) is 22.6 Å². The van der Waals surface area contributed by atoms with Gasteiger partial charge < -0.3 is 9.05 Å². The van der Waals surface area contributed by atoms with Crippen molar-refractivity contribution in [1.29, 1.82) is 0 Å². The number of rotatable bonds is 6. The third-order valence-corrected chi connectivity index (χ3v) is 8.35. The van der Waals surface area contributed by atoms with Gasteiger partial charge >= 0.3 is 7.60 Å². The maximum atomic E-state index is 12.9. The van der Waals surface area contributed by atoms with Crippen LogP contribution in [0.15, 0.2) is 12.1 Å². The Hall–Kier alpha value is 0.447. The molecule has 0 N–H and O–H groups in total.